The molecule has 1 atom stereocenters. The minimum atomic E-state index is -3.11. The van der Waals surface area contributed by atoms with Crippen LogP contribution in [0.3, 0.4) is 0 Å². The summed E-state index contributed by atoms with van der Waals surface area (Å²) in [7, 11) is -3.11. The summed E-state index contributed by atoms with van der Waals surface area (Å²) in [5, 5.41) is 4.34. The SMILES string of the molecule is CC(C)CN(C(=O)Cn1nc(-c2ccccc2)ccc1=O)C1CCS(=O)(=O)C1. The van der Waals surface area contributed by atoms with Crippen LogP contribution in [0, 0.1) is 5.92 Å². The van der Waals surface area contributed by atoms with Crippen molar-refractivity contribution < 1.29 is 13.2 Å². The lowest BCUT2D eigenvalue weighted by atomic mass is 10.1. The Bertz CT molecular complexity index is 1000. The van der Waals surface area contributed by atoms with Gasteiger partial charge in [0.05, 0.1) is 17.2 Å². The molecule has 0 N–H and O–H groups in total. The Balaban J connectivity index is 1.84. The van der Waals surface area contributed by atoms with Gasteiger partial charge in [-0.2, -0.15) is 5.10 Å². The van der Waals surface area contributed by atoms with Crippen LogP contribution in [0.5, 0.6) is 0 Å². The molecule has 0 radical (unpaired) electrons. The van der Waals surface area contributed by atoms with Gasteiger partial charge in [-0.15, -0.1) is 0 Å². The molecule has 0 bridgehead atoms. The molecule has 1 saturated heterocycles. The number of carbonyl (C=O) groups is 1. The highest BCUT2D eigenvalue weighted by Gasteiger charge is 2.35. The van der Waals surface area contributed by atoms with Crippen LogP contribution in [-0.2, 0) is 21.2 Å². The van der Waals surface area contributed by atoms with E-state index in [1.54, 1.807) is 11.0 Å². The first-order valence-corrected chi connectivity index (χ1v) is 11.2. The average molecular weight is 404 g/mol. The van der Waals surface area contributed by atoms with Crippen molar-refractivity contribution >= 4 is 15.7 Å². The first-order chi connectivity index (χ1) is 13.2. The lowest BCUT2D eigenvalue weighted by Gasteiger charge is -2.30. The van der Waals surface area contributed by atoms with Crippen molar-refractivity contribution in [2.24, 2.45) is 5.92 Å². The van der Waals surface area contributed by atoms with Gasteiger partial charge in [0.2, 0.25) is 5.91 Å². The third-order valence-electron chi connectivity index (χ3n) is 4.75. The maximum absolute atomic E-state index is 13.0. The molecule has 1 aliphatic rings. The molecule has 1 fully saturated rings. The molecule has 0 spiro atoms. The topological polar surface area (TPSA) is 89.3 Å². The Hall–Kier alpha value is -2.48. The molecule has 1 amide bonds. The average Bonchev–Trinajstić information content (AvgIpc) is 3.01. The number of hydrogen-bond donors (Lipinski definition) is 0. The third kappa shape index (κ3) is 4.86. The van der Waals surface area contributed by atoms with Crippen LogP contribution >= 0.6 is 0 Å². The molecule has 1 aromatic carbocycles. The van der Waals surface area contributed by atoms with Crippen LogP contribution in [0.4, 0.5) is 0 Å². The third-order valence-corrected chi connectivity index (χ3v) is 6.50. The molecular weight excluding hydrogens is 378 g/mol. The highest BCUT2D eigenvalue weighted by molar-refractivity contribution is 7.91. The maximum atomic E-state index is 13.0. The molecular formula is C20H25N3O4S. The molecule has 0 aliphatic carbocycles. The van der Waals surface area contributed by atoms with Crippen molar-refractivity contribution in [1.29, 1.82) is 0 Å². The predicted molar refractivity (Wildman–Crippen MR) is 108 cm³/mol. The second-order valence-electron chi connectivity index (χ2n) is 7.58. The smallest absolute Gasteiger partial charge is 0.267 e. The fraction of sp³-hybridized carbons (Fsp3) is 0.450. The number of benzene rings is 1. The second kappa shape index (κ2) is 8.26. The number of hydrogen-bond acceptors (Lipinski definition) is 5. The van der Waals surface area contributed by atoms with Gasteiger partial charge < -0.3 is 4.90 Å². The number of aromatic nitrogens is 2. The number of amides is 1. The highest BCUT2D eigenvalue weighted by Crippen LogP contribution is 2.20. The Morgan fingerprint density at radius 2 is 1.93 bits per heavy atom. The second-order valence-corrected chi connectivity index (χ2v) is 9.81. The quantitative estimate of drug-likeness (QED) is 0.731. The van der Waals surface area contributed by atoms with E-state index in [1.165, 1.54) is 6.07 Å². The Labute approximate surface area is 164 Å². The van der Waals surface area contributed by atoms with Gasteiger partial charge in [-0.25, -0.2) is 13.1 Å². The van der Waals surface area contributed by atoms with E-state index in [-0.39, 0.29) is 41.5 Å². The molecule has 1 aliphatic heterocycles. The van der Waals surface area contributed by atoms with Crippen molar-refractivity contribution in [1.82, 2.24) is 14.7 Å². The van der Waals surface area contributed by atoms with E-state index in [4.69, 9.17) is 0 Å². The molecule has 1 aromatic heterocycles. The monoisotopic (exact) mass is 403 g/mol. The minimum Gasteiger partial charge on any atom is -0.337 e. The van der Waals surface area contributed by atoms with Crippen molar-refractivity contribution in [3.05, 3.63) is 52.8 Å². The van der Waals surface area contributed by atoms with Crippen LogP contribution in [0.15, 0.2) is 47.3 Å². The van der Waals surface area contributed by atoms with Crippen molar-refractivity contribution in [3.63, 3.8) is 0 Å². The van der Waals surface area contributed by atoms with Crippen LogP contribution in [0.25, 0.3) is 11.3 Å². The van der Waals surface area contributed by atoms with Crippen molar-refractivity contribution in [3.8, 4) is 11.3 Å². The summed E-state index contributed by atoms with van der Waals surface area (Å²) in [6.45, 7) is 4.20. The molecule has 0 saturated carbocycles. The van der Waals surface area contributed by atoms with Gasteiger partial charge >= 0.3 is 0 Å². The summed E-state index contributed by atoms with van der Waals surface area (Å²) in [6, 6.07) is 12.1. The van der Waals surface area contributed by atoms with E-state index in [0.29, 0.717) is 18.7 Å². The fourth-order valence-electron chi connectivity index (χ4n) is 3.41. The lowest BCUT2D eigenvalue weighted by molar-refractivity contribution is -0.134. The van der Waals surface area contributed by atoms with E-state index in [2.05, 4.69) is 5.10 Å². The Morgan fingerprint density at radius 3 is 2.54 bits per heavy atom. The van der Waals surface area contributed by atoms with Crippen LogP contribution in [0.2, 0.25) is 0 Å². The number of nitrogens with zero attached hydrogens (tertiary/aromatic N) is 3. The zero-order valence-corrected chi connectivity index (χ0v) is 16.9. The zero-order valence-electron chi connectivity index (χ0n) is 16.1. The Kier molecular flexibility index (Phi) is 5.98. The van der Waals surface area contributed by atoms with Crippen LogP contribution in [0.1, 0.15) is 20.3 Å². The van der Waals surface area contributed by atoms with Crippen LogP contribution < -0.4 is 5.56 Å². The summed E-state index contributed by atoms with van der Waals surface area (Å²) >= 11 is 0. The molecule has 150 valence electrons. The van der Waals surface area contributed by atoms with Gasteiger partial charge in [0, 0.05) is 24.2 Å². The van der Waals surface area contributed by atoms with Gasteiger partial charge in [-0.05, 0) is 18.4 Å². The lowest BCUT2D eigenvalue weighted by Crippen LogP contribution is -2.46. The van der Waals surface area contributed by atoms with E-state index in [0.717, 1.165) is 10.2 Å². The Morgan fingerprint density at radius 1 is 1.21 bits per heavy atom. The number of rotatable bonds is 6. The number of carbonyl (C=O) groups excluding carboxylic acids is 1. The van der Waals surface area contributed by atoms with E-state index < -0.39 is 9.84 Å². The maximum Gasteiger partial charge on any atom is 0.267 e. The first-order valence-electron chi connectivity index (χ1n) is 9.38. The minimum absolute atomic E-state index is 0.0160. The van der Waals surface area contributed by atoms with Gasteiger partial charge in [0.1, 0.15) is 6.54 Å². The molecule has 3 rings (SSSR count). The molecule has 1 unspecified atom stereocenters. The van der Waals surface area contributed by atoms with Gasteiger partial charge in [-0.3, -0.25) is 9.59 Å². The van der Waals surface area contributed by atoms with Gasteiger partial charge in [-0.1, -0.05) is 44.2 Å². The summed E-state index contributed by atoms with van der Waals surface area (Å²) in [6.07, 6.45) is 0.438. The zero-order chi connectivity index (χ0) is 20.3. The summed E-state index contributed by atoms with van der Waals surface area (Å²) in [5.74, 6) is -0.0118. The van der Waals surface area contributed by atoms with Gasteiger partial charge in [0.25, 0.3) is 5.56 Å². The normalized spacial score (nSPS) is 18.3. The summed E-state index contributed by atoms with van der Waals surface area (Å²) in [4.78, 5) is 26.8. The number of sulfone groups is 1. The standard InChI is InChI=1S/C20H25N3O4S/c1-15(2)12-22(17-10-11-28(26,27)14-17)20(25)13-23-19(24)9-8-18(21-23)16-6-4-3-5-7-16/h3-9,15,17H,10-14H2,1-2H3. The van der Waals surface area contributed by atoms with Gasteiger partial charge in [0.15, 0.2) is 9.84 Å². The largest absolute Gasteiger partial charge is 0.337 e. The summed E-state index contributed by atoms with van der Waals surface area (Å²) in [5.41, 5.74) is 1.09. The molecule has 28 heavy (non-hydrogen) atoms. The van der Waals surface area contributed by atoms with Crippen molar-refractivity contribution in [2.75, 3.05) is 18.1 Å². The van der Waals surface area contributed by atoms with Crippen LogP contribution in [-0.4, -0.2) is 53.1 Å². The molecule has 7 nitrogen and oxygen atoms in total. The fourth-order valence-corrected chi connectivity index (χ4v) is 5.14. The van der Waals surface area contributed by atoms with E-state index in [9.17, 15) is 18.0 Å². The predicted octanol–water partition coefficient (Wildman–Crippen LogP) is 1.58. The van der Waals surface area contributed by atoms with E-state index in [1.807, 2.05) is 44.2 Å². The van der Waals surface area contributed by atoms with Crippen molar-refractivity contribution in [2.45, 2.75) is 32.9 Å². The highest BCUT2D eigenvalue weighted by atomic mass is 32.2. The molecule has 2 aromatic rings. The molecule has 8 heteroatoms. The summed E-state index contributed by atoms with van der Waals surface area (Å²) < 4.78 is 24.9. The molecule has 2 heterocycles. The van der Waals surface area contributed by atoms with E-state index >= 15 is 0 Å². The first kappa shape index (κ1) is 20.3.